The van der Waals surface area contributed by atoms with Gasteiger partial charge in [-0.25, -0.2) is 0 Å². The third kappa shape index (κ3) is 3.96. The van der Waals surface area contributed by atoms with Crippen molar-refractivity contribution < 1.29 is 0 Å². The lowest BCUT2D eigenvalue weighted by Crippen LogP contribution is -2.28. The van der Waals surface area contributed by atoms with Crippen molar-refractivity contribution in [1.29, 1.82) is 0 Å². The SMILES string of the molecule is CCC(C)CN(C)c1c(CC(N)CC)c(C)nn1C. The Hall–Kier alpha value is -1.03. The van der Waals surface area contributed by atoms with Crippen molar-refractivity contribution in [3.63, 3.8) is 0 Å². The summed E-state index contributed by atoms with van der Waals surface area (Å²) >= 11 is 0. The highest BCUT2D eigenvalue weighted by Gasteiger charge is 2.19. The molecule has 0 spiro atoms. The van der Waals surface area contributed by atoms with Crippen LogP contribution in [-0.4, -0.2) is 29.4 Å². The van der Waals surface area contributed by atoms with Gasteiger partial charge in [-0.1, -0.05) is 27.2 Å². The van der Waals surface area contributed by atoms with Crippen LogP contribution >= 0.6 is 0 Å². The van der Waals surface area contributed by atoms with Gasteiger partial charge < -0.3 is 10.6 Å². The van der Waals surface area contributed by atoms with Gasteiger partial charge in [0.05, 0.1) is 5.69 Å². The molecule has 0 fully saturated rings. The third-order valence-corrected chi connectivity index (χ3v) is 3.95. The van der Waals surface area contributed by atoms with E-state index >= 15 is 0 Å². The Morgan fingerprint density at radius 3 is 2.47 bits per heavy atom. The van der Waals surface area contributed by atoms with E-state index in [1.165, 1.54) is 17.8 Å². The van der Waals surface area contributed by atoms with Gasteiger partial charge in [-0.3, -0.25) is 4.68 Å². The predicted molar refractivity (Wildman–Crippen MR) is 82.6 cm³/mol. The molecule has 4 heteroatoms. The van der Waals surface area contributed by atoms with Crippen molar-refractivity contribution in [3.8, 4) is 0 Å². The summed E-state index contributed by atoms with van der Waals surface area (Å²) < 4.78 is 2.00. The molecule has 1 aromatic rings. The highest BCUT2D eigenvalue weighted by molar-refractivity contribution is 5.50. The average Bonchev–Trinajstić information content (AvgIpc) is 2.63. The molecule has 1 aromatic heterocycles. The van der Waals surface area contributed by atoms with Gasteiger partial charge in [-0.15, -0.1) is 0 Å². The predicted octanol–water partition coefficient (Wildman–Crippen LogP) is 2.49. The Bertz CT molecular complexity index is 397. The van der Waals surface area contributed by atoms with Crippen molar-refractivity contribution in [2.45, 2.75) is 53.0 Å². The van der Waals surface area contributed by atoms with Crippen molar-refractivity contribution in [2.75, 3.05) is 18.5 Å². The summed E-state index contributed by atoms with van der Waals surface area (Å²) in [5.41, 5.74) is 8.54. The molecule has 0 saturated carbocycles. The minimum absolute atomic E-state index is 0.221. The lowest BCUT2D eigenvalue weighted by Gasteiger charge is -2.24. The number of rotatable bonds is 7. The second-order valence-electron chi connectivity index (χ2n) is 5.78. The number of aryl methyl sites for hydroxylation is 2. The Kier molecular flexibility index (Phi) is 5.85. The minimum Gasteiger partial charge on any atom is -0.359 e. The fourth-order valence-electron chi connectivity index (χ4n) is 2.50. The van der Waals surface area contributed by atoms with Crippen LogP contribution in [0.25, 0.3) is 0 Å². The van der Waals surface area contributed by atoms with E-state index in [4.69, 9.17) is 5.73 Å². The van der Waals surface area contributed by atoms with E-state index in [9.17, 15) is 0 Å². The first kappa shape index (κ1) is 16.0. The number of aromatic nitrogens is 2. The van der Waals surface area contributed by atoms with Crippen LogP contribution in [0.4, 0.5) is 5.82 Å². The average molecular weight is 266 g/mol. The van der Waals surface area contributed by atoms with Gasteiger partial charge in [0.25, 0.3) is 0 Å². The summed E-state index contributed by atoms with van der Waals surface area (Å²) in [5.74, 6) is 1.91. The normalized spacial score (nSPS) is 14.5. The van der Waals surface area contributed by atoms with E-state index in [2.05, 4.69) is 44.7 Å². The molecule has 4 nitrogen and oxygen atoms in total. The van der Waals surface area contributed by atoms with Gasteiger partial charge >= 0.3 is 0 Å². The zero-order chi connectivity index (χ0) is 14.6. The molecule has 2 atom stereocenters. The topological polar surface area (TPSA) is 47.1 Å². The number of anilines is 1. The van der Waals surface area contributed by atoms with Crippen molar-refractivity contribution in [2.24, 2.45) is 18.7 Å². The molecule has 0 aliphatic heterocycles. The molecule has 0 radical (unpaired) electrons. The Balaban J connectivity index is 2.98. The fourth-order valence-corrected chi connectivity index (χ4v) is 2.50. The van der Waals surface area contributed by atoms with Crippen LogP contribution in [0, 0.1) is 12.8 Å². The Morgan fingerprint density at radius 2 is 1.95 bits per heavy atom. The summed E-state index contributed by atoms with van der Waals surface area (Å²) in [7, 11) is 4.18. The smallest absolute Gasteiger partial charge is 0.129 e. The zero-order valence-corrected chi connectivity index (χ0v) is 13.4. The maximum absolute atomic E-state index is 6.12. The number of hydrogen-bond donors (Lipinski definition) is 1. The maximum Gasteiger partial charge on any atom is 0.129 e. The molecule has 0 amide bonds. The van der Waals surface area contributed by atoms with E-state index in [1.807, 2.05) is 11.7 Å². The van der Waals surface area contributed by atoms with Gasteiger partial charge in [0, 0.05) is 32.2 Å². The van der Waals surface area contributed by atoms with E-state index in [0.29, 0.717) is 5.92 Å². The first-order valence-electron chi connectivity index (χ1n) is 7.39. The quantitative estimate of drug-likeness (QED) is 0.825. The molecular formula is C15H30N4. The van der Waals surface area contributed by atoms with Crippen LogP contribution in [0.3, 0.4) is 0 Å². The first-order chi connectivity index (χ1) is 8.90. The van der Waals surface area contributed by atoms with Crippen molar-refractivity contribution in [3.05, 3.63) is 11.3 Å². The monoisotopic (exact) mass is 266 g/mol. The molecule has 2 N–H and O–H groups in total. The second-order valence-corrected chi connectivity index (χ2v) is 5.78. The van der Waals surface area contributed by atoms with Gasteiger partial charge in [0.2, 0.25) is 0 Å². The lowest BCUT2D eigenvalue weighted by molar-refractivity contribution is 0.550. The fraction of sp³-hybridized carbons (Fsp3) is 0.800. The summed E-state index contributed by atoms with van der Waals surface area (Å²) in [6, 6.07) is 0.221. The van der Waals surface area contributed by atoms with Gasteiger partial charge in [-0.2, -0.15) is 5.10 Å². The summed E-state index contributed by atoms with van der Waals surface area (Å²) in [6.07, 6.45) is 3.12. The van der Waals surface area contributed by atoms with Crippen LogP contribution in [-0.2, 0) is 13.5 Å². The van der Waals surface area contributed by atoms with Crippen LogP contribution < -0.4 is 10.6 Å². The molecule has 1 rings (SSSR count). The summed E-state index contributed by atoms with van der Waals surface area (Å²) in [4.78, 5) is 2.33. The maximum atomic E-state index is 6.12. The van der Waals surface area contributed by atoms with Crippen LogP contribution in [0.2, 0.25) is 0 Å². The minimum atomic E-state index is 0.221. The molecule has 0 aliphatic rings. The molecule has 0 bridgehead atoms. The largest absolute Gasteiger partial charge is 0.359 e. The number of nitrogens with zero attached hydrogens (tertiary/aromatic N) is 3. The second kappa shape index (κ2) is 6.94. The highest BCUT2D eigenvalue weighted by atomic mass is 15.4. The molecule has 19 heavy (non-hydrogen) atoms. The highest BCUT2D eigenvalue weighted by Crippen LogP contribution is 2.25. The standard InChI is InChI=1S/C15H30N4/c1-7-11(3)10-18(5)15-14(9-13(16)8-2)12(4)17-19(15)6/h11,13H,7-10,16H2,1-6H3. The first-order valence-corrected chi connectivity index (χ1v) is 7.39. The van der Waals surface area contributed by atoms with Gasteiger partial charge in [0.1, 0.15) is 5.82 Å². The molecule has 0 saturated heterocycles. The molecule has 1 heterocycles. The molecule has 110 valence electrons. The zero-order valence-electron chi connectivity index (χ0n) is 13.4. The Morgan fingerprint density at radius 1 is 1.32 bits per heavy atom. The van der Waals surface area contributed by atoms with Gasteiger partial charge in [0.15, 0.2) is 0 Å². The van der Waals surface area contributed by atoms with E-state index < -0.39 is 0 Å². The molecule has 0 aromatic carbocycles. The van der Waals surface area contributed by atoms with Gasteiger partial charge in [-0.05, 0) is 25.7 Å². The molecule has 0 aliphatic carbocycles. The van der Waals surface area contributed by atoms with E-state index in [1.54, 1.807) is 0 Å². The lowest BCUT2D eigenvalue weighted by atomic mass is 10.0. The third-order valence-electron chi connectivity index (χ3n) is 3.95. The molecule has 2 unspecified atom stereocenters. The van der Waals surface area contributed by atoms with E-state index in [-0.39, 0.29) is 6.04 Å². The number of nitrogens with two attached hydrogens (primary N) is 1. The number of hydrogen-bond acceptors (Lipinski definition) is 3. The van der Waals surface area contributed by atoms with Crippen LogP contribution in [0.5, 0.6) is 0 Å². The summed E-state index contributed by atoms with van der Waals surface area (Å²) in [5, 5.41) is 4.57. The van der Waals surface area contributed by atoms with Crippen LogP contribution in [0.15, 0.2) is 0 Å². The van der Waals surface area contributed by atoms with E-state index in [0.717, 1.165) is 25.1 Å². The van der Waals surface area contributed by atoms with Crippen LogP contribution in [0.1, 0.15) is 44.9 Å². The summed E-state index contributed by atoms with van der Waals surface area (Å²) in [6.45, 7) is 9.80. The molecular weight excluding hydrogens is 236 g/mol. The van der Waals surface area contributed by atoms with Crippen molar-refractivity contribution >= 4 is 5.82 Å². The van der Waals surface area contributed by atoms with Crippen molar-refractivity contribution in [1.82, 2.24) is 9.78 Å². The Labute approximate surface area is 118 Å².